The Balaban J connectivity index is 2.27. The number of aliphatic hydroxyl groups excluding tert-OH is 3. The molecule has 7 N–H and O–H groups in total. The Morgan fingerprint density at radius 2 is 2.31 bits per heavy atom. The predicted molar refractivity (Wildman–Crippen MR) is 83.9 cm³/mol. The Hall–Kier alpha value is -3.14. The number of nitrogens with two attached hydrogens (primary N) is 2. The third-order valence-electron chi connectivity index (χ3n) is 3.67. The van der Waals surface area contributed by atoms with Crippen molar-refractivity contribution in [2.24, 2.45) is 5.73 Å². The molecule has 0 radical (unpaired) electrons. The number of carbonyl (C=O) groups excluding carboxylic acids is 1. The molecule has 1 aliphatic heterocycles. The molecular weight excluding hydrogens is 350 g/mol. The van der Waals surface area contributed by atoms with E-state index in [4.69, 9.17) is 20.9 Å². The fourth-order valence-corrected chi connectivity index (χ4v) is 2.15. The number of nitrogen functional groups attached to an aromatic ring is 1. The van der Waals surface area contributed by atoms with Gasteiger partial charge in [-0.15, -0.1) is 0 Å². The van der Waals surface area contributed by atoms with Crippen LogP contribution in [-0.2, 0) is 20.0 Å². The van der Waals surface area contributed by atoms with Crippen LogP contribution in [0.4, 0.5) is 5.82 Å². The van der Waals surface area contributed by atoms with E-state index in [1.165, 1.54) is 13.0 Å². The number of hydrogen-bond donors (Lipinski definition) is 5. The maximum Gasteiger partial charge on any atom is 0.353 e. The summed E-state index contributed by atoms with van der Waals surface area (Å²) in [7, 11) is 0. The SMILES string of the molecule is CC(O)[C@H](N)C(=O)OCC1=C(O)C(O)[C@](C#N)(n2ccc(N)nc2=O)O1. The number of anilines is 1. The van der Waals surface area contributed by atoms with Crippen LogP contribution >= 0.6 is 0 Å². The summed E-state index contributed by atoms with van der Waals surface area (Å²) < 4.78 is 10.7. The third kappa shape index (κ3) is 3.18. The molecule has 2 rings (SSSR count). The Kier molecular flexibility index (Phi) is 5.17. The Morgan fingerprint density at radius 1 is 1.65 bits per heavy atom. The molecule has 4 atom stereocenters. The number of carbonyl (C=O) groups is 1. The molecular formula is C14H17N5O7. The molecule has 0 spiro atoms. The van der Waals surface area contributed by atoms with Crippen molar-refractivity contribution in [3.05, 3.63) is 34.3 Å². The zero-order valence-corrected chi connectivity index (χ0v) is 13.6. The lowest BCUT2D eigenvalue weighted by Gasteiger charge is -2.26. The number of rotatable bonds is 5. The van der Waals surface area contributed by atoms with Crippen molar-refractivity contribution in [3.8, 4) is 6.07 Å². The van der Waals surface area contributed by atoms with E-state index in [1.54, 1.807) is 6.07 Å². The first kappa shape index (κ1) is 19.2. The second-order valence-electron chi connectivity index (χ2n) is 5.50. The highest BCUT2D eigenvalue weighted by Crippen LogP contribution is 2.36. The van der Waals surface area contributed by atoms with Crippen LogP contribution in [0.2, 0.25) is 0 Å². The van der Waals surface area contributed by atoms with Crippen LogP contribution in [-0.4, -0.2) is 55.7 Å². The molecule has 140 valence electrons. The predicted octanol–water partition coefficient (Wildman–Crippen LogP) is -2.59. The first-order valence-corrected chi connectivity index (χ1v) is 7.30. The standard InChI is InChI=1S/C14H17N5O7/c1-6(20)9(17)12(23)25-4-7-10(21)11(22)14(5-15,26-7)19-3-2-8(16)18-13(19)24/h2-3,6,9,11,20-22H,4,17H2,1H3,(H2,16,18,24)/t6?,9-,11?,14+/m0/s1. The van der Waals surface area contributed by atoms with Crippen LogP contribution in [0.3, 0.4) is 0 Å². The van der Waals surface area contributed by atoms with Gasteiger partial charge in [-0.05, 0) is 13.0 Å². The number of nitrogens with zero attached hydrogens (tertiary/aromatic N) is 3. The van der Waals surface area contributed by atoms with Crippen molar-refractivity contribution >= 4 is 11.8 Å². The monoisotopic (exact) mass is 367 g/mol. The highest BCUT2D eigenvalue weighted by atomic mass is 16.6. The lowest BCUT2D eigenvalue weighted by Crippen LogP contribution is -2.48. The van der Waals surface area contributed by atoms with Gasteiger partial charge < -0.3 is 36.3 Å². The number of esters is 1. The van der Waals surface area contributed by atoms with E-state index in [-0.39, 0.29) is 5.82 Å². The summed E-state index contributed by atoms with van der Waals surface area (Å²) in [5.41, 5.74) is 7.40. The first-order valence-electron chi connectivity index (χ1n) is 7.30. The molecule has 0 saturated heterocycles. The van der Waals surface area contributed by atoms with Crippen LogP contribution in [0.15, 0.2) is 28.6 Å². The van der Waals surface area contributed by atoms with Crippen molar-refractivity contribution in [2.45, 2.75) is 30.9 Å². The van der Waals surface area contributed by atoms with E-state index in [2.05, 4.69) is 4.98 Å². The van der Waals surface area contributed by atoms with Gasteiger partial charge >= 0.3 is 17.4 Å². The molecule has 1 aliphatic rings. The van der Waals surface area contributed by atoms with Gasteiger partial charge in [0.15, 0.2) is 24.2 Å². The molecule has 0 bridgehead atoms. The number of aliphatic hydroxyl groups is 3. The molecule has 2 heterocycles. The number of aromatic nitrogens is 2. The maximum atomic E-state index is 12.0. The molecule has 2 unspecified atom stereocenters. The van der Waals surface area contributed by atoms with Crippen molar-refractivity contribution in [1.82, 2.24) is 9.55 Å². The number of hydrogen-bond acceptors (Lipinski definition) is 11. The lowest BCUT2D eigenvalue weighted by atomic mass is 10.1. The maximum absolute atomic E-state index is 12.0. The van der Waals surface area contributed by atoms with Crippen molar-refractivity contribution in [1.29, 1.82) is 5.26 Å². The fraction of sp³-hybridized carbons (Fsp3) is 0.429. The molecule has 0 aromatic carbocycles. The molecule has 0 saturated carbocycles. The Labute approximate surface area is 146 Å². The van der Waals surface area contributed by atoms with Crippen molar-refractivity contribution < 1.29 is 29.6 Å². The highest BCUT2D eigenvalue weighted by molar-refractivity contribution is 5.76. The minimum atomic E-state index is -2.37. The van der Waals surface area contributed by atoms with Gasteiger partial charge in [0.05, 0.1) is 6.10 Å². The average Bonchev–Trinajstić information content (AvgIpc) is 2.84. The zero-order chi connectivity index (χ0) is 19.6. The van der Waals surface area contributed by atoms with E-state index in [0.29, 0.717) is 4.57 Å². The molecule has 1 aromatic rings. The normalized spacial score (nSPS) is 24.5. The fourth-order valence-electron chi connectivity index (χ4n) is 2.15. The number of nitriles is 1. The second-order valence-corrected chi connectivity index (χ2v) is 5.50. The first-order chi connectivity index (χ1) is 12.1. The van der Waals surface area contributed by atoms with Gasteiger partial charge in [0, 0.05) is 6.20 Å². The summed E-state index contributed by atoms with van der Waals surface area (Å²) in [5, 5.41) is 38.9. The summed E-state index contributed by atoms with van der Waals surface area (Å²) in [4.78, 5) is 27.1. The van der Waals surface area contributed by atoms with Crippen molar-refractivity contribution in [2.75, 3.05) is 12.3 Å². The third-order valence-corrected chi connectivity index (χ3v) is 3.67. The minimum Gasteiger partial charge on any atom is -0.506 e. The van der Waals surface area contributed by atoms with Gasteiger partial charge in [0.25, 0.3) is 0 Å². The largest absolute Gasteiger partial charge is 0.506 e. The van der Waals surface area contributed by atoms with Crippen LogP contribution in [0.1, 0.15) is 6.92 Å². The zero-order valence-electron chi connectivity index (χ0n) is 13.6. The number of ether oxygens (including phenoxy) is 2. The molecule has 26 heavy (non-hydrogen) atoms. The molecule has 0 aliphatic carbocycles. The van der Waals surface area contributed by atoms with Gasteiger partial charge in [-0.3, -0.25) is 4.79 Å². The van der Waals surface area contributed by atoms with E-state index >= 15 is 0 Å². The van der Waals surface area contributed by atoms with Crippen molar-refractivity contribution in [3.63, 3.8) is 0 Å². The smallest absolute Gasteiger partial charge is 0.353 e. The van der Waals surface area contributed by atoms with Crippen LogP contribution in [0.5, 0.6) is 0 Å². The lowest BCUT2D eigenvalue weighted by molar-refractivity contribution is -0.149. The Morgan fingerprint density at radius 3 is 2.85 bits per heavy atom. The van der Waals surface area contributed by atoms with Crippen LogP contribution in [0, 0.1) is 11.3 Å². The van der Waals surface area contributed by atoms with E-state index < -0.39 is 53.8 Å². The minimum absolute atomic E-state index is 0.120. The molecule has 1 aromatic heterocycles. The van der Waals surface area contributed by atoms with E-state index in [9.17, 15) is 30.2 Å². The van der Waals surface area contributed by atoms with Crippen LogP contribution in [0.25, 0.3) is 0 Å². The van der Waals surface area contributed by atoms with E-state index in [1.807, 2.05) is 0 Å². The molecule has 0 amide bonds. The summed E-state index contributed by atoms with van der Waals surface area (Å²) >= 11 is 0. The summed E-state index contributed by atoms with van der Waals surface area (Å²) in [6.07, 6.45) is -2.09. The molecule has 12 heteroatoms. The van der Waals surface area contributed by atoms with Gasteiger partial charge in [-0.1, -0.05) is 0 Å². The Bertz CT molecular complexity index is 843. The molecule has 0 fully saturated rings. The van der Waals surface area contributed by atoms with Gasteiger partial charge in [-0.2, -0.15) is 10.2 Å². The summed E-state index contributed by atoms with van der Waals surface area (Å²) in [6.45, 7) is 0.586. The quantitative estimate of drug-likeness (QED) is 0.341. The highest BCUT2D eigenvalue weighted by Gasteiger charge is 2.53. The average molecular weight is 367 g/mol. The van der Waals surface area contributed by atoms with Gasteiger partial charge in [0.2, 0.25) is 0 Å². The van der Waals surface area contributed by atoms with Crippen LogP contribution < -0.4 is 17.2 Å². The summed E-state index contributed by atoms with van der Waals surface area (Å²) in [5.74, 6) is -2.40. The molecule has 12 nitrogen and oxygen atoms in total. The van der Waals surface area contributed by atoms with Gasteiger partial charge in [-0.25, -0.2) is 9.36 Å². The topological polar surface area (TPSA) is 207 Å². The van der Waals surface area contributed by atoms with E-state index in [0.717, 1.165) is 6.20 Å². The summed E-state index contributed by atoms with van der Waals surface area (Å²) in [6, 6.07) is 1.44. The second kappa shape index (κ2) is 7.00. The van der Waals surface area contributed by atoms with Gasteiger partial charge in [0.1, 0.15) is 17.9 Å².